The second-order valence-corrected chi connectivity index (χ2v) is 5.85. The van der Waals surface area contributed by atoms with E-state index in [1.54, 1.807) is 32.4 Å². The van der Waals surface area contributed by atoms with Crippen molar-refractivity contribution in [3.8, 4) is 0 Å². The molecule has 0 saturated carbocycles. The second-order valence-electron chi connectivity index (χ2n) is 4.41. The van der Waals surface area contributed by atoms with Gasteiger partial charge in [-0.05, 0) is 19.4 Å². The molecule has 1 heterocycles. The number of aromatic nitrogens is 2. The molecule has 0 bridgehead atoms. The molecule has 3 N–H and O–H groups in total. The van der Waals surface area contributed by atoms with E-state index in [0.29, 0.717) is 27.9 Å². The molecule has 1 aromatic heterocycles. The van der Waals surface area contributed by atoms with Crippen LogP contribution in [-0.4, -0.2) is 20.7 Å². The van der Waals surface area contributed by atoms with Gasteiger partial charge in [-0.3, -0.25) is 9.31 Å². The van der Waals surface area contributed by atoms with Crippen molar-refractivity contribution in [1.82, 2.24) is 10.2 Å². The Bertz CT molecular complexity index is 691. The van der Waals surface area contributed by atoms with Crippen LogP contribution in [-0.2, 0) is 16.6 Å². The first-order chi connectivity index (χ1) is 8.97. The van der Waals surface area contributed by atoms with Crippen LogP contribution in [0.4, 0.5) is 4.39 Å². The van der Waals surface area contributed by atoms with Crippen LogP contribution >= 0.6 is 0 Å². The van der Waals surface area contributed by atoms with Crippen molar-refractivity contribution in [1.29, 1.82) is 0 Å². The molecular formula is C13H16FN3OS. The highest BCUT2D eigenvalue weighted by Gasteiger charge is 2.20. The van der Waals surface area contributed by atoms with E-state index in [0.717, 1.165) is 5.39 Å². The Morgan fingerprint density at radius 1 is 1.63 bits per heavy atom. The summed E-state index contributed by atoms with van der Waals surface area (Å²) < 4.78 is 25.9. The van der Waals surface area contributed by atoms with Gasteiger partial charge in [0.1, 0.15) is 5.82 Å². The molecule has 102 valence electrons. The molecule has 1 aromatic carbocycles. The van der Waals surface area contributed by atoms with E-state index >= 15 is 0 Å². The monoisotopic (exact) mass is 281 g/mol. The van der Waals surface area contributed by atoms with Crippen LogP contribution in [0.3, 0.4) is 0 Å². The molecule has 2 aromatic rings. The van der Waals surface area contributed by atoms with Gasteiger partial charge < -0.3 is 5.73 Å². The summed E-state index contributed by atoms with van der Waals surface area (Å²) in [5.74, 6) is -0.215. The Labute approximate surface area is 113 Å². The zero-order valence-corrected chi connectivity index (χ0v) is 11.9. The number of fused-ring (bicyclic) bond motifs is 1. The van der Waals surface area contributed by atoms with Crippen LogP contribution in [0.1, 0.15) is 23.6 Å². The fourth-order valence-corrected chi connectivity index (χ4v) is 2.89. The first kappa shape index (κ1) is 13.7. The zero-order valence-electron chi connectivity index (χ0n) is 11.1. The minimum atomic E-state index is -1.13. The molecule has 0 aliphatic carbocycles. The van der Waals surface area contributed by atoms with Crippen molar-refractivity contribution in [3.05, 3.63) is 34.8 Å². The van der Waals surface area contributed by atoms with Crippen LogP contribution < -0.4 is 5.73 Å². The minimum absolute atomic E-state index is 0.154. The molecule has 19 heavy (non-hydrogen) atoms. The number of benzene rings is 1. The van der Waals surface area contributed by atoms with Gasteiger partial charge in [-0.2, -0.15) is 5.10 Å². The molecule has 0 amide bonds. The van der Waals surface area contributed by atoms with Crippen LogP contribution in [0, 0.1) is 12.7 Å². The van der Waals surface area contributed by atoms with Gasteiger partial charge in [-0.25, -0.2) is 4.39 Å². The van der Waals surface area contributed by atoms with Crippen LogP contribution in [0.25, 0.3) is 16.6 Å². The average Bonchev–Trinajstić information content (AvgIpc) is 2.83. The fraction of sp³-hybridized carbons (Fsp3) is 0.308. The number of H-pyrrole nitrogens is 1. The van der Waals surface area contributed by atoms with E-state index in [2.05, 4.69) is 10.2 Å². The number of allylic oxidation sites excluding steroid dienone is 1. The number of nitrogens with two attached hydrogens (primary N) is 1. The topological polar surface area (TPSA) is 71.8 Å². The fourth-order valence-electron chi connectivity index (χ4n) is 2.21. The van der Waals surface area contributed by atoms with E-state index in [1.165, 1.54) is 0 Å². The summed E-state index contributed by atoms with van der Waals surface area (Å²) in [4.78, 5) is 0. The summed E-state index contributed by atoms with van der Waals surface area (Å²) in [7, 11) is -1.13. The summed E-state index contributed by atoms with van der Waals surface area (Å²) in [5.41, 5.74) is 8.52. The number of aromatic amines is 1. The van der Waals surface area contributed by atoms with E-state index < -0.39 is 10.8 Å². The molecule has 2 rings (SSSR count). The SMILES string of the molecule is C/C=C(\N)c1c(C)c(F)c(CS(C)=O)c2[nH]ncc12. The van der Waals surface area contributed by atoms with Gasteiger partial charge in [0.05, 0.1) is 17.5 Å². The molecule has 0 fully saturated rings. The molecule has 0 saturated heterocycles. The van der Waals surface area contributed by atoms with Crippen LogP contribution in [0.2, 0.25) is 0 Å². The number of rotatable bonds is 3. The van der Waals surface area contributed by atoms with Gasteiger partial charge in [0.25, 0.3) is 0 Å². The van der Waals surface area contributed by atoms with Gasteiger partial charge in [-0.15, -0.1) is 0 Å². The highest BCUT2D eigenvalue weighted by Crippen LogP contribution is 2.31. The van der Waals surface area contributed by atoms with Gasteiger partial charge in [0.15, 0.2) is 0 Å². The minimum Gasteiger partial charge on any atom is -0.398 e. The Kier molecular flexibility index (Phi) is 3.71. The van der Waals surface area contributed by atoms with Crippen molar-refractivity contribution >= 4 is 27.4 Å². The van der Waals surface area contributed by atoms with E-state index in [-0.39, 0.29) is 11.6 Å². The summed E-state index contributed by atoms with van der Waals surface area (Å²) in [6, 6.07) is 0. The van der Waals surface area contributed by atoms with E-state index in [1.807, 2.05) is 0 Å². The Morgan fingerprint density at radius 2 is 2.32 bits per heavy atom. The maximum absolute atomic E-state index is 14.5. The smallest absolute Gasteiger partial charge is 0.133 e. The lowest BCUT2D eigenvalue weighted by Gasteiger charge is -2.13. The van der Waals surface area contributed by atoms with Gasteiger partial charge >= 0.3 is 0 Å². The van der Waals surface area contributed by atoms with Gasteiger partial charge in [0.2, 0.25) is 0 Å². The molecule has 1 atom stereocenters. The third-order valence-electron chi connectivity index (χ3n) is 3.13. The zero-order chi connectivity index (χ0) is 14.2. The third kappa shape index (κ3) is 2.28. The van der Waals surface area contributed by atoms with Crippen molar-refractivity contribution in [3.63, 3.8) is 0 Å². The number of hydrogen-bond acceptors (Lipinski definition) is 3. The van der Waals surface area contributed by atoms with Crippen molar-refractivity contribution in [2.24, 2.45) is 5.73 Å². The summed E-state index contributed by atoms with van der Waals surface area (Å²) in [6.07, 6.45) is 4.90. The largest absolute Gasteiger partial charge is 0.398 e. The van der Waals surface area contributed by atoms with Crippen LogP contribution in [0.15, 0.2) is 12.3 Å². The number of halogens is 1. The Morgan fingerprint density at radius 3 is 2.89 bits per heavy atom. The molecular weight excluding hydrogens is 265 g/mol. The molecule has 0 aliphatic heterocycles. The quantitative estimate of drug-likeness (QED) is 0.906. The van der Waals surface area contributed by atoms with Crippen molar-refractivity contribution < 1.29 is 8.60 Å². The molecule has 1 unspecified atom stereocenters. The maximum Gasteiger partial charge on any atom is 0.133 e. The molecule has 6 heteroatoms. The van der Waals surface area contributed by atoms with Crippen molar-refractivity contribution in [2.45, 2.75) is 19.6 Å². The van der Waals surface area contributed by atoms with Crippen LogP contribution in [0.5, 0.6) is 0 Å². The normalized spacial score (nSPS) is 14.0. The first-order valence-electron chi connectivity index (χ1n) is 5.83. The number of nitrogens with one attached hydrogen (secondary N) is 1. The number of nitrogens with zero attached hydrogens (tertiary/aromatic N) is 1. The van der Waals surface area contributed by atoms with E-state index in [9.17, 15) is 8.60 Å². The third-order valence-corrected chi connectivity index (χ3v) is 3.82. The molecule has 0 aliphatic rings. The lowest BCUT2D eigenvalue weighted by Crippen LogP contribution is -2.06. The predicted molar refractivity (Wildman–Crippen MR) is 76.4 cm³/mol. The van der Waals surface area contributed by atoms with Gasteiger partial charge in [0, 0.05) is 39.3 Å². The van der Waals surface area contributed by atoms with E-state index in [4.69, 9.17) is 5.73 Å². The second kappa shape index (κ2) is 5.13. The lowest BCUT2D eigenvalue weighted by molar-refractivity contribution is 0.608. The molecule has 4 nitrogen and oxygen atoms in total. The summed E-state index contributed by atoms with van der Waals surface area (Å²) >= 11 is 0. The van der Waals surface area contributed by atoms with Gasteiger partial charge in [-0.1, -0.05) is 6.08 Å². The van der Waals surface area contributed by atoms with Crippen molar-refractivity contribution in [2.75, 3.05) is 6.26 Å². The maximum atomic E-state index is 14.5. The standard InChI is InChI=1S/C13H16FN3OS/c1-4-10(15)11-7(2)12(14)9(6-19(3)18)13-8(11)5-16-17-13/h4-5H,6,15H2,1-3H3,(H,16,17)/b10-4-. The molecule has 0 spiro atoms. The predicted octanol–water partition coefficient (Wildman–Crippen LogP) is 2.21. The number of hydrogen-bond donors (Lipinski definition) is 2. The molecule has 0 radical (unpaired) electrons. The lowest BCUT2D eigenvalue weighted by atomic mass is 9.97. The highest BCUT2D eigenvalue weighted by molar-refractivity contribution is 7.83. The Balaban J connectivity index is 2.85. The first-order valence-corrected chi connectivity index (χ1v) is 7.56. The summed E-state index contributed by atoms with van der Waals surface area (Å²) in [6.45, 7) is 3.48. The Hall–Kier alpha value is -1.69. The average molecular weight is 281 g/mol. The highest BCUT2D eigenvalue weighted by atomic mass is 32.2. The summed E-state index contributed by atoms with van der Waals surface area (Å²) in [5, 5.41) is 7.49.